The molecule has 0 radical (unpaired) electrons. The third-order valence-electron chi connectivity index (χ3n) is 4.49. The monoisotopic (exact) mass is 380 g/mol. The summed E-state index contributed by atoms with van der Waals surface area (Å²) >= 11 is 0. The molecule has 0 bridgehead atoms. The van der Waals surface area contributed by atoms with Gasteiger partial charge in [-0.15, -0.1) is 0 Å². The first-order valence-corrected chi connectivity index (χ1v) is 9.18. The Morgan fingerprint density at radius 1 is 1.11 bits per heavy atom. The Labute approximate surface area is 164 Å². The van der Waals surface area contributed by atoms with Gasteiger partial charge < -0.3 is 19.4 Å². The summed E-state index contributed by atoms with van der Waals surface area (Å²) in [5.41, 5.74) is 4.36. The van der Waals surface area contributed by atoms with E-state index >= 15 is 0 Å². The lowest BCUT2D eigenvalue weighted by atomic mass is 10.1. The predicted octanol–water partition coefficient (Wildman–Crippen LogP) is 3.79. The molecule has 3 aromatic rings. The molecular formula is C22H24N2O4. The van der Waals surface area contributed by atoms with Gasteiger partial charge in [-0.3, -0.25) is 9.59 Å². The molecule has 0 saturated heterocycles. The molecular weight excluding hydrogens is 356 g/mol. The normalized spacial score (nSPS) is 10.7. The summed E-state index contributed by atoms with van der Waals surface area (Å²) in [6.45, 7) is 1.74. The van der Waals surface area contributed by atoms with Gasteiger partial charge >= 0.3 is 5.97 Å². The number of esters is 1. The number of nitrogens with one attached hydrogen (secondary N) is 1. The minimum absolute atomic E-state index is 0.0588. The van der Waals surface area contributed by atoms with Crippen LogP contribution in [0.25, 0.3) is 11.0 Å². The molecule has 0 saturated carbocycles. The highest BCUT2D eigenvalue weighted by Crippen LogP contribution is 2.23. The maximum absolute atomic E-state index is 12.1. The van der Waals surface area contributed by atoms with E-state index in [1.54, 1.807) is 18.4 Å². The average molecular weight is 380 g/mol. The minimum atomic E-state index is -0.472. The topological polar surface area (TPSA) is 71.8 Å². The van der Waals surface area contributed by atoms with Crippen molar-refractivity contribution in [3.8, 4) is 0 Å². The molecule has 1 heterocycles. The fourth-order valence-corrected chi connectivity index (χ4v) is 2.88. The van der Waals surface area contributed by atoms with E-state index in [0.29, 0.717) is 5.69 Å². The van der Waals surface area contributed by atoms with Crippen LogP contribution < -0.4 is 10.2 Å². The van der Waals surface area contributed by atoms with Gasteiger partial charge in [0, 0.05) is 36.4 Å². The first-order chi connectivity index (χ1) is 13.5. The van der Waals surface area contributed by atoms with Gasteiger partial charge in [0.05, 0.1) is 12.7 Å². The number of fused-ring (bicyclic) bond motifs is 1. The Balaban J connectivity index is 1.52. The van der Waals surface area contributed by atoms with Crippen LogP contribution in [0.15, 0.2) is 53.1 Å². The van der Waals surface area contributed by atoms with Crippen molar-refractivity contribution < 1.29 is 18.7 Å². The van der Waals surface area contributed by atoms with Crippen LogP contribution in [0, 0.1) is 0 Å². The number of ether oxygens (including phenoxy) is 1. The lowest BCUT2D eigenvalue weighted by Crippen LogP contribution is -2.21. The van der Waals surface area contributed by atoms with E-state index in [2.05, 4.69) is 12.2 Å². The third-order valence-corrected chi connectivity index (χ3v) is 4.49. The fraction of sp³-hybridized carbons (Fsp3) is 0.273. The average Bonchev–Trinajstić information content (AvgIpc) is 3.08. The fourth-order valence-electron chi connectivity index (χ4n) is 2.88. The summed E-state index contributed by atoms with van der Waals surface area (Å²) in [4.78, 5) is 26.1. The molecule has 0 unspecified atom stereocenters. The summed E-state index contributed by atoms with van der Waals surface area (Å²) in [7, 11) is 3.89. The number of rotatable bonds is 7. The zero-order valence-electron chi connectivity index (χ0n) is 16.3. The van der Waals surface area contributed by atoms with Crippen LogP contribution in [0.4, 0.5) is 11.4 Å². The van der Waals surface area contributed by atoms with Crippen molar-refractivity contribution in [2.75, 3.05) is 30.9 Å². The Morgan fingerprint density at radius 3 is 2.54 bits per heavy atom. The zero-order valence-corrected chi connectivity index (χ0v) is 16.3. The standard InChI is InChI=1S/C22H24N2O4/c1-4-15-5-10-19-16(13-27-20(19)11-15)12-22(26)28-14-21(25)23-17-6-8-18(9-7-17)24(2)3/h5-11,13H,4,12,14H2,1-3H3,(H,23,25). The number of hydrogen-bond acceptors (Lipinski definition) is 5. The number of furan rings is 1. The second kappa shape index (κ2) is 8.61. The second-order valence-corrected chi connectivity index (χ2v) is 6.77. The number of nitrogens with zero attached hydrogens (tertiary/aromatic N) is 1. The summed E-state index contributed by atoms with van der Waals surface area (Å²) in [5.74, 6) is -0.851. The molecule has 0 fully saturated rings. The lowest BCUT2D eigenvalue weighted by molar-refractivity contribution is -0.146. The van der Waals surface area contributed by atoms with Crippen molar-refractivity contribution >= 4 is 34.2 Å². The molecule has 0 aliphatic carbocycles. The minimum Gasteiger partial charge on any atom is -0.464 e. The van der Waals surface area contributed by atoms with Crippen molar-refractivity contribution in [3.05, 3.63) is 59.9 Å². The number of amides is 1. The van der Waals surface area contributed by atoms with Crippen LogP contribution in [-0.4, -0.2) is 32.6 Å². The Hall–Kier alpha value is -3.28. The van der Waals surface area contributed by atoms with Gasteiger partial charge in [0.2, 0.25) is 0 Å². The Morgan fingerprint density at radius 2 is 1.86 bits per heavy atom. The molecule has 1 amide bonds. The molecule has 0 spiro atoms. The summed E-state index contributed by atoms with van der Waals surface area (Å²) < 4.78 is 10.6. The van der Waals surface area contributed by atoms with Crippen molar-refractivity contribution in [1.29, 1.82) is 0 Å². The lowest BCUT2D eigenvalue weighted by Gasteiger charge is -2.13. The zero-order chi connectivity index (χ0) is 20.1. The van der Waals surface area contributed by atoms with Crippen molar-refractivity contribution in [3.63, 3.8) is 0 Å². The maximum Gasteiger partial charge on any atom is 0.310 e. The van der Waals surface area contributed by atoms with Gasteiger partial charge in [-0.1, -0.05) is 19.1 Å². The third kappa shape index (κ3) is 4.71. The molecule has 0 atom stereocenters. The highest BCUT2D eigenvalue weighted by Gasteiger charge is 2.13. The van der Waals surface area contributed by atoms with E-state index in [-0.39, 0.29) is 18.9 Å². The number of benzene rings is 2. The smallest absolute Gasteiger partial charge is 0.310 e. The quantitative estimate of drug-likeness (QED) is 0.632. The van der Waals surface area contributed by atoms with Crippen molar-refractivity contribution in [1.82, 2.24) is 0 Å². The van der Waals surface area contributed by atoms with E-state index in [1.165, 1.54) is 5.56 Å². The van der Waals surface area contributed by atoms with Gasteiger partial charge in [0.1, 0.15) is 5.58 Å². The van der Waals surface area contributed by atoms with E-state index in [4.69, 9.17) is 9.15 Å². The Kier molecular flexibility index (Phi) is 5.99. The summed E-state index contributed by atoms with van der Waals surface area (Å²) in [6.07, 6.45) is 2.54. The predicted molar refractivity (Wildman–Crippen MR) is 110 cm³/mol. The van der Waals surface area contributed by atoms with Gasteiger partial charge in [-0.05, 0) is 42.3 Å². The summed E-state index contributed by atoms with van der Waals surface area (Å²) in [6, 6.07) is 13.3. The second-order valence-electron chi connectivity index (χ2n) is 6.77. The molecule has 2 aromatic carbocycles. The molecule has 6 heteroatoms. The van der Waals surface area contributed by atoms with Gasteiger partial charge in [0.25, 0.3) is 5.91 Å². The number of carbonyl (C=O) groups is 2. The maximum atomic E-state index is 12.1. The molecule has 1 N–H and O–H groups in total. The SMILES string of the molecule is CCc1ccc2c(CC(=O)OCC(=O)Nc3ccc(N(C)C)cc3)coc2c1. The van der Waals surface area contributed by atoms with Crippen LogP contribution in [-0.2, 0) is 27.2 Å². The van der Waals surface area contributed by atoms with Crippen molar-refractivity contribution in [2.24, 2.45) is 0 Å². The van der Waals surface area contributed by atoms with Crippen LogP contribution in [0.3, 0.4) is 0 Å². The molecule has 0 aliphatic rings. The van der Waals surface area contributed by atoms with Crippen LogP contribution >= 0.6 is 0 Å². The highest BCUT2D eigenvalue weighted by molar-refractivity contribution is 5.93. The number of anilines is 2. The number of aryl methyl sites for hydroxylation is 1. The van der Waals surface area contributed by atoms with Crippen LogP contribution in [0.2, 0.25) is 0 Å². The van der Waals surface area contributed by atoms with E-state index in [1.807, 2.05) is 49.3 Å². The molecule has 1 aromatic heterocycles. The highest BCUT2D eigenvalue weighted by atomic mass is 16.5. The molecule has 146 valence electrons. The Bertz CT molecular complexity index is 974. The van der Waals surface area contributed by atoms with Gasteiger partial charge in [-0.25, -0.2) is 0 Å². The van der Waals surface area contributed by atoms with Crippen LogP contribution in [0.5, 0.6) is 0 Å². The van der Waals surface area contributed by atoms with Crippen LogP contribution in [0.1, 0.15) is 18.1 Å². The number of hydrogen-bond donors (Lipinski definition) is 1. The number of carbonyl (C=O) groups excluding carboxylic acids is 2. The largest absolute Gasteiger partial charge is 0.464 e. The molecule has 3 rings (SSSR count). The molecule has 0 aliphatic heterocycles. The first kappa shape index (κ1) is 19.5. The van der Waals surface area contributed by atoms with E-state index < -0.39 is 5.97 Å². The van der Waals surface area contributed by atoms with E-state index in [0.717, 1.165) is 28.6 Å². The summed E-state index contributed by atoms with van der Waals surface area (Å²) in [5, 5.41) is 3.60. The molecule has 28 heavy (non-hydrogen) atoms. The van der Waals surface area contributed by atoms with E-state index in [9.17, 15) is 9.59 Å². The van der Waals surface area contributed by atoms with Gasteiger partial charge in [0.15, 0.2) is 6.61 Å². The first-order valence-electron chi connectivity index (χ1n) is 9.18. The van der Waals surface area contributed by atoms with Crippen molar-refractivity contribution in [2.45, 2.75) is 19.8 Å². The molecule has 6 nitrogen and oxygen atoms in total. The van der Waals surface area contributed by atoms with Gasteiger partial charge in [-0.2, -0.15) is 0 Å².